The highest BCUT2D eigenvalue weighted by atomic mass is 16.5. The highest BCUT2D eigenvalue weighted by Crippen LogP contribution is 2.27. The van der Waals surface area contributed by atoms with Crippen LogP contribution in [0.1, 0.15) is 43.0 Å². The third-order valence-corrected chi connectivity index (χ3v) is 4.40. The fourth-order valence-electron chi connectivity index (χ4n) is 2.78. The van der Waals surface area contributed by atoms with Crippen LogP contribution in [0.2, 0.25) is 0 Å². The molecule has 0 amide bonds. The van der Waals surface area contributed by atoms with Gasteiger partial charge < -0.3 is 19.5 Å². The molecule has 0 fully saturated rings. The summed E-state index contributed by atoms with van der Waals surface area (Å²) >= 11 is 0. The van der Waals surface area contributed by atoms with Crippen molar-refractivity contribution in [2.24, 2.45) is 7.05 Å². The van der Waals surface area contributed by atoms with Crippen LogP contribution in [0.4, 0.5) is 11.9 Å². The number of hydrogen-bond acceptors (Lipinski definition) is 7. The molecule has 0 radical (unpaired) electrons. The van der Waals surface area contributed by atoms with Gasteiger partial charge in [-0.15, -0.1) is 0 Å². The van der Waals surface area contributed by atoms with Crippen LogP contribution >= 0.6 is 0 Å². The lowest BCUT2D eigenvalue weighted by Gasteiger charge is -2.21. The average molecular weight is 381 g/mol. The lowest BCUT2D eigenvalue weighted by Crippen LogP contribution is -2.21. The number of methoxy groups -OCH3 is 1. The average Bonchev–Trinajstić information content (AvgIpc) is 3.11. The molecule has 3 aromatic rings. The van der Waals surface area contributed by atoms with Gasteiger partial charge in [-0.1, -0.05) is 26.0 Å². The summed E-state index contributed by atoms with van der Waals surface area (Å²) in [5.41, 5.74) is 1.04. The van der Waals surface area contributed by atoms with E-state index in [0.717, 1.165) is 23.0 Å². The number of nitrogens with one attached hydrogen (secondary N) is 1. The van der Waals surface area contributed by atoms with Gasteiger partial charge in [0.2, 0.25) is 11.9 Å². The van der Waals surface area contributed by atoms with Crippen LogP contribution in [0.25, 0.3) is 0 Å². The molecule has 1 atom stereocenters. The Morgan fingerprint density at radius 1 is 1.07 bits per heavy atom. The zero-order valence-electron chi connectivity index (χ0n) is 17.2. The van der Waals surface area contributed by atoms with Crippen molar-refractivity contribution in [1.82, 2.24) is 24.5 Å². The van der Waals surface area contributed by atoms with E-state index in [1.165, 1.54) is 0 Å². The second-order valence-electron chi connectivity index (χ2n) is 7.11. The quantitative estimate of drug-likeness (QED) is 0.674. The molecule has 2 heterocycles. The van der Waals surface area contributed by atoms with Crippen molar-refractivity contribution in [3.8, 4) is 5.75 Å². The van der Waals surface area contributed by atoms with Crippen molar-refractivity contribution in [2.45, 2.75) is 25.8 Å². The molecular weight excluding hydrogens is 354 g/mol. The minimum Gasteiger partial charge on any atom is -0.497 e. The van der Waals surface area contributed by atoms with Crippen molar-refractivity contribution in [1.29, 1.82) is 0 Å². The van der Waals surface area contributed by atoms with E-state index >= 15 is 0 Å². The van der Waals surface area contributed by atoms with Gasteiger partial charge in [-0.3, -0.25) is 0 Å². The Labute approximate surface area is 165 Å². The summed E-state index contributed by atoms with van der Waals surface area (Å²) in [6.07, 6.45) is 3.71. The molecule has 0 aliphatic carbocycles. The predicted molar refractivity (Wildman–Crippen MR) is 110 cm³/mol. The van der Waals surface area contributed by atoms with E-state index in [1.54, 1.807) is 13.3 Å². The van der Waals surface area contributed by atoms with Crippen LogP contribution < -0.4 is 15.0 Å². The summed E-state index contributed by atoms with van der Waals surface area (Å²) in [5, 5.41) is 3.45. The molecule has 1 N–H and O–H groups in total. The Kier molecular flexibility index (Phi) is 5.77. The summed E-state index contributed by atoms with van der Waals surface area (Å²) in [6.45, 7) is 4.14. The Bertz CT molecular complexity index is 892. The highest BCUT2D eigenvalue weighted by Gasteiger charge is 2.21. The number of imidazole rings is 1. The van der Waals surface area contributed by atoms with E-state index < -0.39 is 0 Å². The molecule has 0 aliphatic rings. The van der Waals surface area contributed by atoms with Crippen LogP contribution in [0, 0.1) is 0 Å². The Morgan fingerprint density at radius 2 is 1.79 bits per heavy atom. The zero-order valence-corrected chi connectivity index (χ0v) is 17.2. The van der Waals surface area contributed by atoms with Gasteiger partial charge in [0.05, 0.1) is 7.11 Å². The maximum absolute atomic E-state index is 5.29. The maximum atomic E-state index is 5.29. The van der Waals surface area contributed by atoms with Crippen LogP contribution in [0.3, 0.4) is 0 Å². The number of anilines is 2. The van der Waals surface area contributed by atoms with E-state index in [-0.39, 0.29) is 12.0 Å². The van der Waals surface area contributed by atoms with Gasteiger partial charge in [-0.25, -0.2) is 4.98 Å². The van der Waals surface area contributed by atoms with E-state index in [2.05, 4.69) is 39.1 Å². The molecule has 0 aliphatic heterocycles. The van der Waals surface area contributed by atoms with Gasteiger partial charge in [0.15, 0.2) is 0 Å². The number of hydrogen-bond donors (Lipinski definition) is 1. The minimum absolute atomic E-state index is 0.190. The number of benzene rings is 1. The predicted octanol–water partition coefficient (Wildman–Crippen LogP) is 3.00. The molecule has 3 rings (SSSR count). The van der Waals surface area contributed by atoms with E-state index in [4.69, 9.17) is 4.74 Å². The highest BCUT2D eigenvalue weighted by molar-refractivity contribution is 5.42. The third kappa shape index (κ3) is 4.21. The van der Waals surface area contributed by atoms with Crippen molar-refractivity contribution in [3.05, 3.63) is 53.9 Å². The zero-order chi connectivity index (χ0) is 20.3. The largest absolute Gasteiger partial charge is 0.497 e. The lowest BCUT2D eigenvalue weighted by atomic mass is 10.1. The molecule has 1 aromatic carbocycles. The first kappa shape index (κ1) is 19.6. The summed E-state index contributed by atoms with van der Waals surface area (Å²) < 4.78 is 7.27. The lowest BCUT2D eigenvalue weighted by molar-refractivity contribution is 0.414. The maximum Gasteiger partial charge on any atom is 0.229 e. The molecule has 0 spiro atoms. The van der Waals surface area contributed by atoms with E-state index in [0.29, 0.717) is 11.9 Å². The molecule has 148 valence electrons. The number of nitrogens with zero attached hydrogens (tertiary/aromatic N) is 6. The van der Waals surface area contributed by atoms with Gasteiger partial charge in [-0.2, -0.15) is 15.0 Å². The van der Waals surface area contributed by atoms with Crippen molar-refractivity contribution < 1.29 is 4.74 Å². The Hall–Kier alpha value is -3.16. The molecule has 2 aromatic heterocycles. The standard InChI is InChI=1S/C20H27N7O/c1-13(2)17-23-19(25-20(24-17)26(3)4)22-16(18-21-11-12-27(18)5)14-7-9-15(28-6)10-8-14/h7-13,16H,1-6H3,(H,22,23,24,25). The summed E-state index contributed by atoms with van der Waals surface area (Å²) in [5.74, 6) is 3.74. The van der Waals surface area contributed by atoms with Crippen molar-refractivity contribution in [3.63, 3.8) is 0 Å². The number of aromatic nitrogens is 5. The molecule has 0 saturated heterocycles. The normalized spacial score (nSPS) is 12.1. The molecule has 8 nitrogen and oxygen atoms in total. The molecule has 0 bridgehead atoms. The fourth-order valence-corrected chi connectivity index (χ4v) is 2.78. The van der Waals surface area contributed by atoms with Gasteiger partial charge in [0.1, 0.15) is 23.4 Å². The van der Waals surface area contributed by atoms with Crippen LogP contribution in [-0.4, -0.2) is 45.7 Å². The monoisotopic (exact) mass is 381 g/mol. The Morgan fingerprint density at radius 3 is 2.32 bits per heavy atom. The summed E-state index contributed by atoms with van der Waals surface area (Å²) in [6, 6.07) is 7.69. The van der Waals surface area contributed by atoms with Gasteiger partial charge >= 0.3 is 0 Å². The molecule has 1 unspecified atom stereocenters. The first-order chi connectivity index (χ1) is 13.4. The van der Waals surface area contributed by atoms with Gasteiger partial charge in [0.25, 0.3) is 0 Å². The van der Waals surface area contributed by atoms with Gasteiger partial charge in [-0.05, 0) is 17.7 Å². The van der Waals surface area contributed by atoms with Crippen molar-refractivity contribution in [2.75, 3.05) is 31.4 Å². The summed E-state index contributed by atoms with van der Waals surface area (Å²) in [7, 11) is 7.47. The van der Waals surface area contributed by atoms with Crippen LogP contribution in [0.5, 0.6) is 5.75 Å². The topological polar surface area (TPSA) is 81.0 Å². The van der Waals surface area contributed by atoms with Gasteiger partial charge in [0, 0.05) is 39.5 Å². The van der Waals surface area contributed by atoms with E-state index in [9.17, 15) is 0 Å². The first-order valence-corrected chi connectivity index (χ1v) is 9.20. The van der Waals surface area contributed by atoms with Crippen LogP contribution in [-0.2, 0) is 7.05 Å². The Balaban J connectivity index is 2.03. The second kappa shape index (κ2) is 8.24. The van der Waals surface area contributed by atoms with Crippen molar-refractivity contribution >= 4 is 11.9 Å². The molecular formula is C20H27N7O. The van der Waals surface area contributed by atoms with E-state index in [1.807, 2.05) is 61.1 Å². The van der Waals surface area contributed by atoms with Crippen LogP contribution in [0.15, 0.2) is 36.7 Å². The second-order valence-corrected chi connectivity index (χ2v) is 7.11. The summed E-state index contributed by atoms with van der Waals surface area (Å²) in [4.78, 5) is 20.2. The SMILES string of the molecule is COc1ccc(C(Nc2nc(C(C)C)nc(N(C)C)n2)c2nccn2C)cc1. The number of aryl methyl sites for hydroxylation is 1. The fraction of sp³-hybridized carbons (Fsp3) is 0.400. The first-order valence-electron chi connectivity index (χ1n) is 9.20. The number of ether oxygens (including phenoxy) is 1. The molecule has 8 heteroatoms. The minimum atomic E-state index is -0.219. The smallest absolute Gasteiger partial charge is 0.229 e. The number of rotatable bonds is 7. The molecule has 28 heavy (non-hydrogen) atoms. The molecule has 0 saturated carbocycles. The third-order valence-electron chi connectivity index (χ3n) is 4.40.